The van der Waals surface area contributed by atoms with Crippen LogP contribution in [0, 0.1) is 5.92 Å². The molecule has 1 fully saturated rings. The number of anilines is 1. The van der Waals surface area contributed by atoms with Crippen LogP contribution < -0.4 is 15.0 Å². The van der Waals surface area contributed by atoms with Crippen LogP contribution in [0.15, 0.2) is 54.7 Å². The number of hydrogen-bond donors (Lipinski definition) is 1. The second kappa shape index (κ2) is 9.41. The van der Waals surface area contributed by atoms with Gasteiger partial charge in [-0.2, -0.15) is 0 Å². The fourth-order valence-electron chi connectivity index (χ4n) is 4.02. The van der Waals surface area contributed by atoms with Gasteiger partial charge in [-0.05, 0) is 54.8 Å². The number of carbonyl (C=O) groups excluding carboxylic acids is 1. The normalized spacial score (nSPS) is 16.2. The van der Waals surface area contributed by atoms with Crippen molar-refractivity contribution in [2.75, 3.05) is 25.1 Å². The van der Waals surface area contributed by atoms with E-state index in [0.29, 0.717) is 18.1 Å². The van der Waals surface area contributed by atoms with Crippen molar-refractivity contribution in [3.8, 4) is 17.0 Å². The number of aromatic nitrogens is 3. The Hall–Kier alpha value is -3.10. The first-order chi connectivity index (χ1) is 16.1. The topological polar surface area (TPSA) is 71.8 Å². The lowest BCUT2D eigenvalue weighted by molar-refractivity contribution is -0.125. The predicted octanol–water partition coefficient (Wildman–Crippen LogP) is 4.65. The highest BCUT2D eigenvalue weighted by atomic mass is 35.5. The molecule has 2 aromatic heterocycles. The molecule has 9 heteroatoms. The first-order valence-electron chi connectivity index (χ1n) is 10.9. The Morgan fingerprint density at radius 1 is 1.21 bits per heavy atom. The van der Waals surface area contributed by atoms with E-state index in [2.05, 4.69) is 10.2 Å². The Balaban J connectivity index is 1.24. The Kier molecular flexibility index (Phi) is 6.20. The molecule has 0 saturated carbocycles. The molecule has 1 atom stereocenters. The minimum absolute atomic E-state index is 0.0582. The van der Waals surface area contributed by atoms with Crippen LogP contribution in [0.3, 0.4) is 0 Å². The van der Waals surface area contributed by atoms with Gasteiger partial charge in [0, 0.05) is 30.2 Å². The molecular formula is C24H24ClN5O2S. The lowest BCUT2D eigenvalue weighted by atomic mass is 9.97. The highest BCUT2D eigenvalue weighted by Crippen LogP contribution is 2.30. The largest absolute Gasteiger partial charge is 0.497 e. The lowest BCUT2D eigenvalue weighted by Gasteiger charge is -2.31. The number of fused-ring (bicyclic) bond motifs is 1. The molecule has 7 nitrogen and oxygen atoms in total. The third-order valence-corrected chi connectivity index (χ3v) is 7.10. The lowest BCUT2D eigenvalue weighted by Crippen LogP contribution is -2.43. The first kappa shape index (κ1) is 21.7. The summed E-state index contributed by atoms with van der Waals surface area (Å²) in [6.07, 6.45) is 3.78. The highest BCUT2D eigenvalue weighted by molar-refractivity contribution is 7.20. The summed E-state index contributed by atoms with van der Waals surface area (Å²) in [6, 6.07) is 15.4. The molecule has 33 heavy (non-hydrogen) atoms. The molecule has 1 unspecified atom stereocenters. The zero-order chi connectivity index (χ0) is 22.8. The van der Waals surface area contributed by atoms with E-state index in [1.165, 1.54) is 0 Å². The molecule has 1 saturated heterocycles. The SMILES string of the molecule is COc1ccc(-c2cn3nc(N4CCCC(C(=O)NCc5ccc(Cl)cc5)C4)sc3n2)cc1. The van der Waals surface area contributed by atoms with Crippen LogP contribution in [0.2, 0.25) is 5.02 Å². The molecule has 5 rings (SSSR count). The molecule has 1 aliphatic rings. The average molecular weight is 482 g/mol. The zero-order valence-corrected chi connectivity index (χ0v) is 19.8. The summed E-state index contributed by atoms with van der Waals surface area (Å²) in [5, 5.41) is 9.40. The summed E-state index contributed by atoms with van der Waals surface area (Å²) in [5.74, 6) is 0.840. The van der Waals surface area contributed by atoms with Gasteiger partial charge < -0.3 is 15.0 Å². The number of carbonyl (C=O) groups is 1. The summed E-state index contributed by atoms with van der Waals surface area (Å²) in [5.41, 5.74) is 2.93. The van der Waals surface area contributed by atoms with Gasteiger partial charge in [0.25, 0.3) is 0 Å². The second-order valence-electron chi connectivity index (χ2n) is 8.10. The smallest absolute Gasteiger partial charge is 0.225 e. The van der Waals surface area contributed by atoms with E-state index in [1.807, 2.05) is 59.2 Å². The number of benzene rings is 2. The van der Waals surface area contributed by atoms with Crippen LogP contribution in [0.4, 0.5) is 5.13 Å². The van der Waals surface area contributed by atoms with Gasteiger partial charge in [-0.15, -0.1) is 5.10 Å². The Morgan fingerprint density at radius 3 is 2.73 bits per heavy atom. The van der Waals surface area contributed by atoms with Crippen molar-refractivity contribution in [3.63, 3.8) is 0 Å². The molecule has 1 N–H and O–H groups in total. The number of piperidine rings is 1. The van der Waals surface area contributed by atoms with Crippen LogP contribution in [0.5, 0.6) is 5.75 Å². The fraction of sp³-hybridized carbons (Fsp3) is 0.292. The third kappa shape index (κ3) is 4.82. The minimum Gasteiger partial charge on any atom is -0.497 e. The van der Waals surface area contributed by atoms with Gasteiger partial charge in [-0.1, -0.05) is 35.1 Å². The van der Waals surface area contributed by atoms with Crippen molar-refractivity contribution in [3.05, 3.63) is 65.3 Å². The van der Waals surface area contributed by atoms with Gasteiger partial charge in [0.2, 0.25) is 16.0 Å². The maximum absolute atomic E-state index is 12.8. The van der Waals surface area contributed by atoms with Gasteiger partial charge in [0.15, 0.2) is 0 Å². The quantitative estimate of drug-likeness (QED) is 0.434. The fourth-order valence-corrected chi connectivity index (χ4v) is 5.06. The summed E-state index contributed by atoms with van der Waals surface area (Å²) in [4.78, 5) is 20.6. The van der Waals surface area contributed by atoms with Gasteiger partial charge in [0.05, 0.1) is 24.9 Å². The monoisotopic (exact) mass is 481 g/mol. The van der Waals surface area contributed by atoms with Gasteiger partial charge in [0.1, 0.15) is 5.75 Å². The molecular weight excluding hydrogens is 458 g/mol. The zero-order valence-electron chi connectivity index (χ0n) is 18.2. The molecule has 1 aliphatic heterocycles. The Labute approximate surface area is 201 Å². The molecule has 2 aromatic carbocycles. The van der Waals surface area contributed by atoms with Crippen molar-refractivity contribution in [1.82, 2.24) is 19.9 Å². The van der Waals surface area contributed by atoms with Crippen molar-refractivity contribution in [2.24, 2.45) is 5.92 Å². The van der Waals surface area contributed by atoms with E-state index < -0.39 is 0 Å². The van der Waals surface area contributed by atoms with Crippen molar-refractivity contribution < 1.29 is 9.53 Å². The van der Waals surface area contributed by atoms with Crippen LogP contribution in [-0.4, -0.2) is 40.7 Å². The minimum atomic E-state index is -0.0582. The summed E-state index contributed by atoms with van der Waals surface area (Å²) >= 11 is 7.48. The van der Waals surface area contributed by atoms with Gasteiger partial charge in [-0.3, -0.25) is 4.79 Å². The third-order valence-electron chi connectivity index (χ3n) is 5.86. The van der Waals surface area contributed by atoms with Crippen molar-refractivity contribution in [1.29, 1.82) is 0 Å². The number of nitrogens with one attached hydrogen (secondary N) is 1. The summed E-state index contributed by atoms with van der Waals surface area (Å²) < 4.78 is 7.05. The molecule has 3 heterocycles. The average Bonchev–Trinajstić information content (AvgIpc) is 3.43. The highest BCUT2D eigenvalue weighted by Gasteiger charge is 2.27. The maximum Gasteiger partial charge on any atom is 0.225 e. The summed E-state index contributed by atoms with van der Waals surface area (Å²) in [6.45, 7) is 2.06. The van der Waals surface area contributed by atoms with E-state index in [-0.39, 0.29) is 11.8 Å². The Morgan fingerprint density at radius 2 is 2.00 bits per heavy atom. The van der Waals surface area contributed by atoms with E-state index >= 15 is 0 Å². The van der Waals surface area contributed by atoms with E-state index in [4.69, 9.17) is 26.4 Å². The van der Waals surface area contributed by atoms with Crippen molar-refractivity contribution >= 4 is 38.9 Å². The van der Waals surface area contributed by atoms with Gasteiger partial charge >= 0.3 is 0 Å². The van der Waals surface area contributed by atoms with E-state index in [0.717, 1.165) is 52.0 Å². The first-order valence-corrected chi connectivity index (χ1v) is 12.1. The number of methoxy groups -OCH3 is 1. The molecule has 0 aliphatic carbocycles. The molecule has 4 aromatic rings. The predicted molar refractivity (Wildman–Crippen MR) is 131 cm³/mol. The Bertz CT molecular complexity index is 1220. The standard InChI is InChI=1S/C24H24ClN5O2S/c1-32-20-10-6-17(7-11-20)21-15-30-23(27-21)33-24(28-30)29-12-2-3-18(14-29)22(31)26-13-16-4-8-19(25)9-5-16/h4-11,15,18H,2-3,12-14H2,1H3,(H,26,31). The summed E-state index contributed by atoms with van der Waals surface area (Å²) in [7, 11) is 1.65. The molecule has 0 spiro atoms. The second-order valence-corrected chi connectivity index (χ2v) is 9.47. The van der Waals surface area contributed by atoms with Crippen LogP contribution in [-0.2, 0) is 11.3 Å². The van der Waals surface area contributed by atoms with E-state index in [9.17, 15) is 4.79 Å². The van der Waals surface area contributed by atoms with E-state index in [1.54, 1.807) is 18.4 Å². The number of imidazole rings is 1. The molecule has 1 amide bonds. The number of amides is 1. The van der Waals surface area contributed by atoms with Crippen LogP contribution in [0.25, 0.3) is 16.2 Å². The maximum atomic E-state index is 12.8. The van der Waals surface area contributed by atoms with Crippen LogP contribution >= 0.6 is 22.9 Å². The number of halogens is 1. The number of hydrogen-bond acceptors (Lipinski definition) is 6. The molecule has 0 bridgehead atoms. The number of nitrogens with zero attached hydrogens (tertiary/aromatic N) is 4. The number of rotatable bonds is 6. The molecule has 170 valence electrons. The number of ether oxygens (including phenoxy) is 1. The van der Waals surface area contributed by atoms with Gasteiger partial charge in [-0.25, -0.2) is 9.50 Å². The van der Waals surface area contributed by atoms with Crippen molar-refractivity contribution in [2.45, 2.75) is 19.4 Å². The van der Waals surface area contributed by atoms with Crippen LogP contribution in [0.1, 0.15) is 18.4 Å². The molecule has 0 radical (unpaired) electrons.